The highest BCUT2D eigenvalue weighted by atomic mass is 35.5. The lowest BCUT2D eigenvalue weighted by atomic mass is 10.1. The van der Waals surface area contributed by atoms with Crippen LogP contribution in [-0.2, 0) is 11.3 Å². The maximum atomic E-state index is 12.8. The Morgan fingerprint density at radius 1 is 1.44 bits per heavy atom. The molecule has 0 radical (unpaired) electrons. The van der Waals surface area contributed by atoms with Gasteiger partial charge in [0.05, 0.1) is 0 Å². The summed E-state index contributed by atoms with van der Waals surface area (Å²) in [6.07, 6.45) is 0.490. The molecule has 0 fully saturated rings. The summed E-state index contributed by atoms with van der Waals surface area (Å²) in [6.45, 7) is 2.23. The first kappa shape index (κ1) is 14.9. The Bertz CT molecular complexity index is 383. The van der Waals surface area contributed by atoms with Crippen LogP contribution in [0.5, 0.6) is 0 Å². The van der Waals surface area contributed by atoms with E-state index in [9.17, 15) is 9.18 Å². The van der Waals surface area contributed by atoms with Crippen molar-refractivity contribution in [2.45, 2.75) is 25.9 Å². The largest absolute Gasteiger partial charge is 0.396 e. The molecule has 1 rings (SSSR count). The minimum atomic E-state index is -0.308. The smallest absolute Gasteiger partial charge is 0.238 e. The molecule has 0 aliphatic rings. The van der Waals surface area contributed by atoms with E-state index in [4.69, 9.17) is 16.7 Å². The number of alkyl halides is 1. The fourth-order valence-electron chi connectivity index (χ4n) is 1.70. The summed E-state index contributed by atoms with van der Waals surface area (Å²) in [6, 6.07) is 5.88. The molecule has 100 valence electrons. The molecule has 1 aromatic rings. The third-order valence-electron chi connectivity index (χ3n) is 2.78. The molecule has 0 aliphatic heterocycles. The third-order valence-corrected chi connectivity index (χ3v) is 3.01. The van der Waals surface area contributed by atoms with Crippen molar-refractivity contribution < 1.29 is 14.3 Å². The number of amides is 1. The Balaban J connectivity index is 2.77. The number of hydrogen-bond donors (Lipinski definition) is 1. The SMILES string of the molecule is CC(CCO)N(Cc1ccc(F)cc1)C(=O)CCl. The van der Waals surface area contributed by atoms with Crippen LogP contribution in [0.1, 0.15) is 18.9 Å². The molecule has 0 heterocycles. The molecule has 0 aliphatic carbocycles. The fraction of sp³-hybridized carbons (Fsp3) is 0.462. The number of aliphatic hydroxyl groups is 1. The number of nitrogens with zero attached hydrogens (tertiary/aromatic N) is 1. The van der Waals surface area contributed by atoms with Crippen molar-refractivity contribution in [1.29, 1.82) is 0 Å². The molecule has 0 saturated carbocycles. The molecule has 5 heteroatoms. The maximum absolute atomic E-state index is 12.8. The van der Waals surface area contributed by atoms with Gasteiger partial charge in [0.1, 0.15) is 11.7 Å². The fourth-order valence-corrected chi connectivity index (χ4v) is 1.85. The topological polar surface area (TPSA) is 40.5 Å². The van der Waals surface area contributed by atoms with Crippen LogP contribution < -0.4 is 0 Å². The van der Waals surface area contributed by atoms with E-state index < -0.39 is 0 Å². The van der Waals surface area contributed by atoms with E-state index >= 15 is 0 Å². The highest BCUT2D eigenvalue weighted by Gasteiger charge is 2.19. The van der Waals surface area contributed by atoms with Crippen LogP contribution >= 0.6 is 11.6 Å². The minimum absolute atomic E-state index is 0.0106. The van der Waals surface area contributed by atoms with E-state index in [1.54, 1.807) is 17.0 Å². The number of carbonyl (C=O) groups excluding carboxylic acids is 1. The molecule has 0 spiro atoms. The standard InChI is InChI=1S/C13H17ClFNO2/c1-10(6-7-17)16(13(18)8-14)9-11-2-4-12(15)5-3-11/h2-5,10,17H,6-9H2,1H3. The average Bonchev–Trinajstić information content (AvgIpc) is 2.37. The first-order valence-electron chi connectivity index (χ1n) is 5.79. The van der Waals surface area contributed by atoms with Crippen LogP contribution in [0.15, 0.2) is 24.3 Å². The summed E-state index contributed by atoms with van der Waals surface area (Å²) in [4.78, 5) is 13.3. The summed E-state index contributed by atoms with van der Waals surface area (Å²) < 4.78 is 12.8. The Morgan fingerprint density at radius 2 is 2.06 bits per heavy atom. The van der Waals surface area contributed by atoms with Gasteiger partial charge >= 0.3 is 0 Å². The second kappa shape index (κ2) is 7.34. The van der Waals surface area contributed by atoms with E-state index in [2.05, 4.69) is 0 Å². The lowest BCUT2D eigenvalue weighted by Crippen LogP contribution is -2.39. The molecule has 1 aromatic carbocycles. The van der Waals surface area contributed by atoms with Gasteiger partial charge in [-0.1, -0.05) is 12.1 Å². The molecule has 3 nitrogen and oxygen atoms in total. The van der Waals surface area contributed by atoms with Crippen molar-refractivity contribution in [2.75, 3.05) is 12.5 Å². The van der Waals surface area contributed by atoms with Gasteiger partial charge in [-0.3, -0.25) is 4.79 Å². The van der Waals surface area contributed by atoms with E-state index in [0.717, 1.165) is 5.56 Å². The molecule has 1 N–H and O–H groups in total. The molecule has 18 heavy (non-hydrogen) atoms. The molecule has 1 atom stereocenters. The summed E-state index contributed by atoms with van der Waals surface area (Å²) in [7, 11) is 0. The predicted octanol–water partition coefficient (Wildman–Crippen LogP) is 2.16. The van der Waals surface area contributed by atoms with Gasteiger partial charge in [0.25, 0.3) is 0 Å². The molecule has 1 amide bonds. The van der Waals surface area contributed by atoms with Gasteiger partial charge in [-0.2, -0.15) is 0 Å². The van der Waals surface area contributed by atoms with Crippen molar-refractivity contribution in [3.05, 3.63) is 35.6 Å². The molecule has 0 bridgehead atoms. The number of halogens is 2. The first-order chi connectivity index (χ1) is 8.58. The van der Waals surface area contributed by atoms with Gasteiger partial charge in [0.2, 0.25) is 5.91 Å². The molecular formula is C13H17ClFNO2. The van der Waals surface area contributed by atoms with Gasteiger partial charge in [-0.15, -0.1) is 11.6 Å². The maximum Gasteiger partial charge on any atom is 0.238 e. The van der Waals surface area contributed by atoms with Crippen LogP contribution in [0.2, 0.25) is 0 Å². The Kier molecular flexibility index (Phi) is 6.09. The Labute approximate surface area is 111 Å². The van der Waals surface area contributed by atoms with Gasteiger partial charge in [0.15, 0.2) is 0 Å². The predicted molar refractivity (Wildman–Crippen MR) is 68.8 cm³/mol. The van der Waals surface area contributed by atoms with Gasteiger partial charge in [0, 0.05) is 19.2 Å². The first-order valence-corrected chi connectivity index (χ1v) is 6.32. The molecular weight excluding hydrogens is 257 g/mol. The quantitative estimate of drug-likeness (QED) is 0.807. The van der Waals surface area contributed by atoms with E-state index in [1.807, 2.05) is 6.92 Å². The number of aliphatic hydroxyl groups excluding tert-OH is 1. The molecule has 0 saturated heterocycles. The van der Waals surface area contributed by atoms with Crippen molar-refractivity contribution in [2.24, 2.45) is 0 Å². The second-order valence-corrected chi connectivity index (χ2v) is 4.41. The van der Waals surface area contributed by atoms with Crippen LogP contribution in [0.4, 0.5) is 4.39 Å². The Hall–Kier alpha value is -1.13. The van der Waals surface area contributed by atoms with Crippen molar-refractivity contribution in [3.63, 3.8) is 0 Å². The second-order valence-electron chi connectivity index (χ2n) is 4.14. The number of benzene rings is 1. The van der Waals surface area contributed by atoms with Crippen molar-refractivity contribution in [1.82, 2.24) is 4.90 Å². The van der Waals surface area contributed by atoms with Gasteiger partial charge < -0.3 is 10.0 Å². The lowest BCUT2D eigenvalue weighted by molar-refractivity contribution is -0.131. The zero-order valence-corrected chi connectivity index (χ0v) is 11.0. The minimum Gasteiger partial charge on any atom is -0.396 e. The van der Waals surface area contributed by atoms with Gasteiger partial charge in [-0.25, -0.2) is 4.39 Å². The molecule has 0 aromatic heterocycles. The van der Waals surface area contributed by atoms with Crippen LogP contribution in [0.25, 0.3) is 0 Å². The number of carbonyl (C=O) groups is 1. The summed E-state index contributed by atoms with van der Waals surface area (Å²) in [5.74, 6) is -0.601. The van der Waals surface area contributed by atoms with E-state index in [-0.39, 0.29) is 30.3 Å². The average molecular weight is 274 g/mol. The van der Waals surface area contributed by atoms with Crippen molar-refractivity contribution >= 4 is 17.5 Å². The zero-order chi connectivity index (χ0) is 13.5. The lowest BCUT2D eigenvalue weighted by Gasteiger charge is -2.28. The normalized spacial score (nSPS) is 12.2. The van der Waals surface area contributed by atoms with Crippen LogP contribution in [0, 0.1) is 5.82 Å². The van der Waals surface area contributed by atoms with E-state index in [0.29, 0.717) is 13.0 Å². The van der Waals surface area contributed by atoms with Crippen molar-refractivity contribution in [3.8, 4) is 0 Å². The highest BCUT2D eigenvalue weighted by molar-refractivity contribution is 6.27. The zero-order valence-electron chi connectivity index (χ0n) is 10.3. The van der Waals surface area contributed by atoms with Gasteiger partial charge in [-0.05, 0) is 31.0 Å². The summed E-state index contributed by atoms with van der Waals surface area (Å²) >= 11 is 5.57. The monoisotopic (exact) mass is 273 g/mol. The van der Waals surface area contributed by atoms with Crippen LogP contribution in [-0.4, -0.2) is 34.4 Å². The highest BCUT2D eigenvalue weighted by Crippen LogP contribution is 2.12. The van der Waals surface area contributed by atoms with Crippen LogP contribution in [0.3, 0.4) is 0 Å². The molecule has 1 unspecified atom stereocenters. The Morgan fingerprint density at radius 3 is 2.56 bits per heavy atom. The number of hydrogen-bond acceptors (Lipinski definition) is 2. The third kappa shape index (κ3) is 4.27. The summed E-state index contributed by atoms with van der Waals surface area (Å²) in [5.41, 5.74) is 0.833. The number of rotatable bonds is 6. The van der Waals surface area contributed by atoms with E-state index in [1.165, 1.54) is 12.1 Å². The summed E-state index contributed by atoms with van der Waals surface area (Å²) in [5, 5.41) is 8.92.